The predicted octanol–water partition coefficient (Wildman–Crippen LogP) is 1.75. The molecule has 7 nitrogen and oxygen atoms in total. The van der Waals surface area contributed by atoms with Gasteiger partial charge in [0, 0.05) is 17.7 Å². The van der Waals surface area contributed by atoms with Crippen molar-refractivity contribution < 1.29 is 19.1 Å². The second-order valence-corrected chi connectivity index (χ2v) is 5.80. The number of nitrogens with one attached hydrogen (secondary N) is 1. The largest absolute Gasteiger partial charge is 0.466 e. The molecule has 2 heterocycles. The van der Waals surface area contributed by atoms with E-state index in [9.17, 15) is 14.9 Å². The fourth-order valence-electron chi connectivity index (χ4n) is 3.48. The number of hydrogen-bond acceptors (Lipinski definition) is 6. The first-order valence-electron chi connectivity index (χ1n) is 7.75. The summed E-state index contributed by atoms with van der Waals surface area (Å²) in [5, 5.41) is 12.5. The molecule has 2 aliphatic heterocycles. The summed E-state index contributed by atoms with van der Waals surface area (Å²) >= 11 is 0. The van der Waals surface area contributed by atoms with Crippen molar-refractivity contribution in [3.05, 3.63) is 52.1 Å². The zero-order valence-corrected chi connectivity index (χ0v) is 14.1. The number of nitriles is 1. The summed E-state index contributed by atoms with van der Waals surface area (Å²) in [6.45, 7) is 3.60. The number of benzene rings is 1. The molecule has 7 heteroatoms. The van der Waals surface area contributed by atoms with E-state index >= 15 is 0 Å². The summed E-state index contributed by atoms with van der Waals surface area (Å²) in [5.74, 6) is -1.23. The number of carbonyl (C=O) groups is 2. The van der Waals surface area contributed by atoms with Crippen LogP contribution < -0.4 is 11.1 Å². The number of nitrogens with two attached hydrogens (primary N) is 1. The minimum Gasteiger partial charge on any atom is -0.466 e. The van der Waals surface area contributed by atoms with Crippen LogP contribution in [0.5, 0.6) is 0 Å². The molecular weight excluding hydrogens is 322 g/mol. The topological polar surface area (TPSA) is 114 Å². The number of anilines is 1. The average molecular weight is 339 g/mol. The molecular formula is C18H17N3O4. The van der Waals surface area contributed by atoms with E-state index in [2.05, 4.69) is 5.32 Å². The molecule has 0 unspecified atom stereocenters. The van der Waals surface area contributed by atoms with E-state index in [4.69, 9.17) is 15.2 Å². The Balaban J connectivity index is 2.48. The molecule has 0 radical (unpaired) electrons. The predicted molar refractivity (Wildman–Crippen MR) is 88.7 cm³/mol. The highest BCUT2D eigenvalue weighted by Crippen LogP contribution is 2.52. The van der Waals surface area contributed by atoms with Crippen molar-refractivity contribution in [1.29, 1.82) is 5.26 Å². The van der Waals surface area contributed by atoms with Gasteiger partial charge in [0.2, 0.25) is 11.8 Å². The zero-order chi connectivity index (χ0) is 18.4. The minimum absolute atomic E-state index is 0.00917. The zero-order valence-electron chi connectivity index (χ0n) is 14.1. The van der Waals surface area contributed by atoms with E-state index in [0.29, 0.717) is 17.7 Å². The van der Waals surface area contributed by atoms with Crippen molar-refractivity contribution in [3.8, 4) is 6.07 Å². The second kappa shape index (κ2) is 5.67. The van der Waals surface area contributed by atoms with Crippen molar-refractivity contribution in [2.75, 3.05) is 12.4 Å². The smallest absolute Gasteiger partial charge is 0.339 e. The third-order valence-corrected chi connectivity index (χ3v) is 4.59. The summed E-state index contributed by atoms with van der Waals surface area (Å²) in [7, 11) is 1.22. The molecule has 128 valence electrons. The molecule has 1 aromatic carbocycles. The van der Waals surface area contributed by atoms with Crippen molar-refractivity contribution in [1.82, 2.24) is 0 Å². The lowest BCUT2D eigenvalue weighted by atomic mass is 9.68. The highest BCUT2D eigenvalue weighted by Gasteiger charge is 2.60. The Hall–Kier alpha value is -3.27. The van der Waals surface area contributed by atoms with Gasteiger partial charge in [-0.1, -0.05) is 25.1 Å². The Morgan fingerprint density at radius 2 is 2.20 bits per heavy atom. The van der Waals surface area contributed by atoms with Gasteiger partial charge in [0.25, 0.3) is 0 Å². The van der Waals surface area contributed by atoms with E-state index in [1.54, 1.807) is 19.1 Å². The number of allylic oxidation sites excluding steroid dienone is 1. The highest BCUT2D eigenvalue weighted by atomic mass is 16.5. The molecule has 0 aliphatic carbocycles. The second-order valence-electron chi connectivity index (χ2n) is 5.80. The van der Waals surface area contributed by atoms with Gasteiger partial charge in [-0.25, -0.2) is 4.79 Å². The van der Waals surface area contributed by atoms with Crippen molar-refractivity contribution in [2.24, 2.45) is 5.73 Å². The van der Waals surface area contributed by atoms with Gasteiger partial charge in [0.1, 0.15) is 23.0 Å². The summed E-state index contributed by atoms with van der Waals surface area (Å²) in [5.41, 5.74) is 6.01. The van der Waals surface area contributed by atoms with E-state index < -0.39 is 17.3 Å². The number of ether oxygens (including phenoxy) is 2. The molecule has 0 bridgehead atoms. The summed E-state index contributed by atoms with van der Waals surface area (Å²) in [6, 6.07) is 7.25. The first-order chi connectivity index (χ1) is 11.9. The molecule has 1 spiro atoms. The highest BCUT2D eigenvalue weighted by molar-refractivity contribution is 6.17. The molecule has 0 fully saturated rings. The third kappa shape index (κ3) is 1.97. The maximum Gasteiger partial charge on any atom is 0.339 e. The SMILES string of the molecule is CCC1=C(C(=O)OC)[C@]2(C(=O)Nc3c(C)cccc32)C(C#N)=C(N)O1. The number of rotatable bonds is 2. The van der Waals surface area contributed by atoms with Gasteiger partial charge in [0.05, 0.1) is 7.11 Å². The van der Waals surface area contributed by atoms with Crippen LogP contribution in [0.15, 0.2) is 41.0 Å². The van der Waals surface area contributed by atoms with Crippen LogP contribution in [0.25, 0.3) is 0 Å². The molecule has 1 amide bonds. The molecule has 0 aromatic heterocycles. The maximum atomic E-state index is 13.1. The van der Waals surface area contributed by atoms with Crippen molar-refractivity contribution in [2.45, 2.75) is 25.7 Å². The number of amides is 1. The van der Waals surface area contributed by atoms with Crippen molar-refractivity contribution in [3.63, 3.8) is 0 Å². The monoisotopic (exact) mass is 339 g/mol. The normalized spacial score (nSPS) is 21.6. The van der Waals surface area contributed by atoms with Gasteiger partial charge in [-0.15, -0.1) is 0 Å². The molecule has 0 saturated carbocycles. The molecule has 0 saturated heterocycles. The number of aryl methyl sites for hydroxylation is 1. The van der Waals surface area contributed by atoms with Crippen LogP contribution >= 0.6 is 0 Å². The van der Waals surface area contributed by atoms with Crippen molar-refractivity contribution >= 4 is 17.6 Å². The Morgan fingerprint density at radius 1 is 1.48 bits per heavy atom. The van der Waals surface area contributed by atoms with Crippen LogP contribution in [0.2, 0.25) is 0 Å². The fraction of sp³-hybridized carbons (Fsp3) is 0.278. The number of para-hydroxylation sites is 1. The van der Waals surface area contributed by atoms with Crippen LogP contribution in [0, 0.1) is 18.3 Å². The van der Waals surface area contributed by atoms with Crippen LogP contribution in [-0.4, -0.2) is 19.0 Å². The third-order valence-electron chi connectivity index (χ3n) is 4.59. The number of carbonyl (C=O) groups excluding carboxylic acids is 2. The maximum absolute atomic E-state index is 13.1. The fourth-order valence-corrected chi connectivity index (χ4v) is 3.48. The van der Waals surface area contributed by atoms with Gasteiger partial charge in [-0.2, -0.15) is 5.26 Å². The van der Waals surface area contributed by atoms with Crippen LogP contribution in [0.3, 0.4) is 0 Å². The first-order valence-corrected chi connectivity index (χ1v) is 7.75. The Morgan fingerprint density at radius 3 is 2.80 bits per heavy atom. The standard InChI is InChI=1S/C18H17N3O4/c1-4-12-13(16(22)24-3)18(11(8-19)15(20)25-12)10-7-5-6-9(2)14(10)21-17(18)23/h5-7H,4,20H2,1-3H3,(H,21,23)/t18-/m1/s1. The average Bonchev–Trinajstić information content (AvgIpc) is 2.89. The minimum atomic E-state index is -1.67. The Bertz CT molecular complexity index is 907. The van der Waals surface area contributed by atoms with E-state index in [1.807, 2.05) is 19.1 Å². The van der Waals surface area contributed by atoms with E-state index in [0.717, 1.165) is 5.56 Å². The van der Waals surface area contributed by atoms with Gasteiger partial charge in [0.15, 0.2) is 5.41 Å². The lowest BCUT2D eigenvalue weighted by Crippen LogP contribution is -2.45. The molecule has 2 aliphatic rings. The van der Waals surface area contributed by atoms with Crippen LogP contribution in [0.4, 0.5) is 5.69 Å². The Labute approximate surface area is 144 Å². The van der Waals surface area contributed by atoms with Gasteiger partial charge in [-0.05, 0) is 12.5 Å². The number of methoxy groups -OCH3 is 1. The lowest BCUT2D eigenvalue weighted by molar-refractivity contribution is -0.138. The molecule has 25 heavy (non-hydrogen) atoms. The molecule has 3 N–H and O–H groups in total. The number of hydrogen-bond donors (Lipinski definition) is 2. The number of esters is 1. The molecule has 1 aromatic rings. The van der Waals surface area contributed by atoms with Gasteiger partial charge < -0.3 is 20.5 Å². The summed E-state index contributed by atoms with van der Waals surface area (Å²) < 4.78 is 10.4. The molecule has 1 atom stereocenters. The van der Waals surface area contributed by atoms with E-state index in [-0.39, 0.29) is 22.8 Å². The number of nitrogens with zero attached hydrogens (tertiary/aromatic N) is 1. The van der Waals surface area contributed by atoms with Gasteiger partial charge >= 0.3 is 5.97 Å². The van der Waals surface area contributed by atoms with Gasteiger partial charge in [-0.3, -0.25) is 4.79 Å². The number of fused-ring (bicyclic) bond motifs is 2. The molecule has 3 rings (SSSR count). The first kappa shape index (κ1) is 16.6. The lowest BCUT2D eigenvalue weighted by Gasteiger charge is -2.34. The van der Waals surface area contributed by atoms with Crippen LogP contribution in [-0.2, 0) is 24.5 Å². The summed E-state index contributed by atoms with van der Waals surface area (Å²) in [4.78, 5) is 25.7. The van der Waals surface area contributed by atoms with Crippen LogP contribution in [0.1, 0.15) is 24.5 Å². The quantitative estimate of drug-likeness (QED) is 0.793. The van der Waals surface area contributed by atoms with E-state index in [1.165, 1.54) is 7.11 Å². The summed E-state index contributed by atoms with van der Waals surface area (Å²) in [6.07, 6.45) is 0.306. The Kier molecular flexibility index (Phi) is 3.76.